The molecule has 0 aliphatic rings. The molecular formula is C10H10FN3. The lowest BCUT2D eigenvalue weighted by molar-refractivity contribution is 0.631. The minimum absolute atomic E-state index is 0.258. The molecule has 2 aromatic rings. The Morgan fingerprint density at radius 3 is 2.93 bits per heavy atom. The van der Waals surface area contributed by atoms with Gasteiger partial charge in [-0.05, 0) is 18.6 Å². The smallest absolute Gasteiger partial charge is 0.146 e. The summed E-state index contributed by atoms with van der Waals surface area (Å²) in [6.07, 6.45) is 3.28. The van der Waals surface area contributed by atoms with E-state index in [0.717, 1.165) is 11.3 Å². The monoisotopic (exact) mass is 191 g/mol. The number of para-hydroxylation sites is 1. The fourth-order valence-corrected chi connectivity index (χ4v) is 1.25. The largest absolute Gasteiger partial charge is 0.350 e. The Labute approximate surface area is 81.0 Å². The second-order valence-corrected chi connectivity index (χ2v) is 3.04. The van der Waals surface area contributed by atoms with Gasteiger partial charge in [-0.3, -0.25) is 5.10 Å². The van der Waals surface area contributed by atoms with Crippen molar-refractivity contribution in [3.8, 4) is 0 Å². The average Bonchev–Trinajstić information content (AvgIpc) is 2.64. The molecule has 0 unspecified atom stereocenters. The third-order valence-corrected chi connectivity index (χ3v) is 1.99. The van der Waals surface area contributed by atoms with E-state index in [1.165, 1.54) is 6.07 Å². The molecule has 0 saturated heterocycles. The second-order valence-electron chi connectivity index (χ2n) is 3.04. The molecule has 72 valence electrons. The number of hydrogen-bond acceptors (Lipinski definition) is 2. The summed E-state index contributed by atoms with van der Waals surface area (Å²) in [4.78, 5) is 0. The Bertz CT molecular complexity index is 403. The number of rotatable bonds is 2. The van der Waals surface area contributed by atoms with E-state index >= 15 is 0 Å². The molecule has 0 fully saturated rings. The van der Waals surface area contributed by atoms with Crippen LogP contribution in [0.5, 0.6) is 0 Å². The highest BCUT2D eigenvalue weighted by molar-refractivity contribution is 5.62. The predicted molar refractivity (Wildman–Crippen MR) is 53.0 cm³/mol. The van der Waals surface area contributed by atoms with Crippen molar-refractivity contribution in [2.75, 3.05) is 5.32 Å². The quantitative estimate of drug-likeness (QED) is 0.766. The molecule has 0 aliphatic heterocycles. The number of nitrogens with one attached hydrogen (secondary N) is 2. The predicted octanol–water partition coefficient (Wildman–Crippen LogP) is 2.60. The minimum atomic E-state index is -0.258. The van der Waals surface area contributed by atoms with Gasteiger partial charge in [0.2, 0.25) is 0 Å². The van der Waals surface area contributed by atoms with Crippen LogP contribution in [0.3, 0.4) is 0 Å². The van der Waals surface area contributed by atoms with Crippen LogP contribution < -0.4 is 5.32 Å². The maximum atomic E-state index is 13.3. The highest BCUT2D eigenvalue weighted by Gasteiger charge is 2.05. The molecule has 0 radical (unpaired) electrons. The van der Waals surface area contributed by atoms with Crippen LogP contribution in [-0.4, -0.2) is 10.2 Å². The summed E-state index contributed by atoms with van der Waals surface area (Å²) in [5.41, 5.74) is 2.11. The van der Waals surface area contributed by atoms with E-state index in [0.29, 0.717) is 5.69 Å². The van der Waals surface area contributed by atoms with Crippen molar-refractivity contribution in [1.82, 2.24) is 10.2 Å². The summed E-state index contributed by atoms with van der Waals surface area (Å²) >= 11 is 0. The van der Waals surface area contributed by atoms with E-state index in [1.807, 2.05) is 13.0 Å². The molecule has 0 saturated carbocycles. The average molecular weight is 191 g/mol. The van der Waals surface area contributed by atoms with Crippen LogP contribution in [0.15, 0.2) is 30.6 Å². The first-order valence-electron chi connectivity index (χ1n) is 4.28. The molecule has 1 heterocycles. The number of H-pyrrole nitrogens is 1. The van der Waals surface area contributed by atoms with Gasteiger partial charge in [0.05, 0.1) is 17.6 Å². The van der Waals surface area contributed by atoms with Crippen LogP contribution in [0.2, 0.25) is 0 Å². The summed E-state index contributed by atoms with van der Waals surface area (Å²) < 4.78 is 13.3. The van der Waals surface area contributed by atoms with Crippen LogP contribution in [0.1, 0.15) is 5.56 Å². The van der Waals surface area contributed by atoms with Gasteiger partial charge < -0.3 is 5.32 Å². The first kappa shape index (κ1) is 8.74. The van der Waals surface area contributed by atoms with Gasteiger partial charge in [0.25, 0.3) is 0 Å². The van der Waals surface area contributed by atoms with Gasteiger partial charge in [-0.15, -0.1) is 0 Å². The zero-order valence-corrected chi connectivity index (χ0v) is 7.71. The molecule has 1 aromatic carbocycles. The number of benzene rings is 1. The number of nitrogens with zero attached hydrogens (tertiary/aromatic N) is 1. The van der Waals surface area contributed by atoms with Crippen LogP contribution in [0.25, 0.3) is 0 Å². The molecule has 2 rings (SSSR count). The van der Waals surface area contributed by atoms with Gasteiger partial charge in [0.1, 0.15) is 5.82 Å². The Balaban J connectivity index is 2.33. The highest BCUT2D eigenvalue weighted by Crippen LogP contribution is 2.22. The maximum absolute atomic E-state index is 13.3. The third kappa shape index (κ3) is 1.59. The lowest BCUT2D eigenvalue weighted by Gasteiger charge is -2.07. The number of hydrogen-bond donors (Lipinski definition) is 2. The standard InChI is InChI=1S/C10H10FN3/c1-7-3-2-4-9(11)10(7)14-8-5-12-13-6-8/h2-6,14H,1H3,(H,12,13). The first-order valence-corrected chi connectivity index (χ1v) is 4.28. The lowest BCUT2D eigenvalue weighted by Crippen LogP contribution is -1.95. The molecule has 2 N–H and O–H groups in total. The van der Waals surface area contributed by atoms with E-state index in [2.05, 4.69) is 15.5 Å². The summed E-state index contributed by atoms with van der Waals surface area (Å²) in [6, 6.07) is 4.96. The molecule has 4 heteroatoms. The molecule has 0 amide bonds. The van der Waals surface area contributed by atoms with E-state index in [4.69, 9.17) is 0 Å². The number of aromatic amines is 1. The van der Waals surface area contributed by atoms with Crippen molar-refractivity contribution >= 4 is 11.4 Å². The Morgan fingerprint density at radius 2 is 2.29 bits per heavy atom. The van der Waals surface area contributed by atoms with Crippen molar-refractivity contribution in [1.29, 1.82) is 0 Å². The topological polar surface area (TPSA) is 40.7 Å². The van der Waals surface area contributed by atoms with Crippen LogP contribution in [0, 0.1) is 12.7 Å². The van der Waals surface area contributed by atoms with Crippen molar-refractivity contribution in [2.45, 2.75) is 6.92 Å². The van der Waals surface area contributed by atoms with E-state index in [9.17, 15) is 4.39 Å². The Morgan fingerprint density at radius 1 is 1.43 bits per heavy atom. The fraction of sp³-hybridized carbons (Fsp3) is 0.100. The number of anilines is 2. The van der Waals surface area contributed by atoms with Gasteiger partial charge in [0, 0.05) is 6.20 Å². The summed E-state index contributed by atoms with van der Waals surface area (Å²) in [5.74, 6) is -0.258. The molecular weight excluding hydrogens is 181 g/mol. The van der Waals surface area contributed by atoms with Gasteiger partial charge in [0.15, 0.2) is 0 Å². The van der Waals surface area contributed by atoms with Gasteiger partial charge in [-0.25, -0.2) is 4.39 Å². The third-order valence-electron chi connectivity index (χ3n) is 1.99. The van der Waals surface area contributed by atoms with Crippen molar-refractivity contribution in [3.05, 3.63) is 42.0 Å². The summed E-state index contributed by atoms with van der Waals surface area (Å²) in [7, 11) is 0. The van der Waals surface area contributed by atoms with Gasteiger partial charge in [-0.2, -0.15) is 5.10 Å². The van der Waals surface area contributed by atoms with Crippen LogP contribution >= 0.6 is 0 Å². The van der Waals surface area contributed by atoms with Crippen LogP contribution in [0.4, 0.5) is 15.8 Å². The Hall–Kier alpha value is -1.84. The number of halogens is 1. The van der Waals surface area contributed by atoms with Crippen LogP contribution in [-0.2, 0) is 0 Å². The molecule has 0 bridgehead atoms. The van der Waals surface area contributed by atoms with Crippen molar-refractivity contribution in [3.63, 3.8) is 0 Å². The number of aromatic nitrogens is 2. The Kier molecular flexibility index (Phi) is 2.18. The highest BCUT2D eigenvalue weighted by atomic mass is 19.1. The molecule has 1 aromatic heterocycles. The zero-order chi connectivity index (χ0) is 9.97. The minimum Gasteiger partial charge on any atom is -0.350 e. The van der Waals surface area contributed by atoms with E-state index < -0.39 is 0 Å². The molecule has 3 nitrogen and oxygen atoms in total. The fourth-order valence-electron chi connectivity index (χ4n) is 1.25. The number of aryl methyl sites for hydroxylation is 1. The van der Waals surface area contributed by atoms with Gasteiger partial charge in [-0.1, -0.05) is 12.1 Å². The molecule has 14 heavy (non-hydrogen) atoms. The lowest BCUT2D eigenvalue weighted by atomic mass is 10.2. The summed E-state index contributed by atoms with van der Waals surface area (Å²) in [5, 5.41) is 9.37. The van der Waals surface area contributed by atoms with E-state index in [1.54, 1.807) is 18.5 Å². The maximum Gasteiger partial charge on any atom is 0.146 e. The normalized spacial score (nSPS) is 10.1. The molecule has 0 atom stereocenters. The van der Waals surface area contributed by atoms with Crippen molar-refractivity contribution < 1.29 is 4.39 Å². The molecule has 0 spiro atoms. The first-order chi connectivity index (χ1) is 6.77. The molecule has 0 aliphatic carbocycles. The van der Waals surface area contributed by atoms with E-state index in [-0.39, 0.29) is 5.82 Å². The zero-order valence-electron chi connectivity index (χ0n) is 7.71. The second kappa shape index (κ2) is 3.49. The van der Waals surface area contributed by atoms with Gasteiger partial charge >= 0.3 is 0 Å². The summed E-state index contributed by atoms with van der Waals surface area (Å²) in [6.45, 7) is 1.85. The SMILES string of the molecule is Cc1cccc(F)c1Nc1cn[nH]c1. The van der Waals surface area contributed by atoms with Crippen molar-refractivity contribution in [2.24, 2.45) is 0 Å².